The van der Waals surface area contributed by atoms with Crippen molar-refractivity contribution in [1.29, 1.82) is 0 Å². The lowest BCUT2D eigenvalue weighted by molar-refractivity contribution is -0.129. The number of ether oxygens (including phenoxy) is 2. The van der Waals surface area contributed by atoms with Crippen LogP contribution in [0.3, 0.4) is 0 Å². The molecular weight excluding hydrogens is 436 g/mol. The van der Waals surface area contributed by atoms with Gasteiger partial charge in [-0.05, 0) is 42.5 Å². The lowest BCUT2D eigenvalue weighted by Gasteiger charge is -2.18. The second-order valence-electron chi connectivity index (χ2n) is 9.26. The Morgan fingerprint density at radius 3 is 2.68 bits per heavy atom. The number of benzene rings is 1. The third-order valence-corrected chi connectivity index (χ3v) is 6.42. The van der Waals surface area contributed by atoms with Crippen LogP contribution in [0.4, 0.5) is 5.69 Å². The molecule has 9 heteroatoms. The van der Waals surface area contributed by atoms with Crippen molar-refractivity contribution in [3.8, 4) is 11.6 Å². The van der Waals surface area contributed by atoms with Gasteiger partial charge in [-0.1, -0.05) is 6.07 Å². The van der Waals surface area contributed by atoms with Crippen LogP contribution in [0.15, 0.2) is 36.5 Å². The van der Waals surface area contributed by atoms with E-state index in [0.29, 0.717) is 54.9 Å². The van der Waals surface area contributed by atoms with Crippen molar-refractivity contribution in [3.05, 3.63) is 47.7 Å². The maximum atomic E-state index is 13.0. The second-order valence-corrected chi connectivity index (χ2v) is 9.26. The van der Waals surface area contributed by atoms with Gasteiger partial charge in [0.1, 0.15) is 12.3 Å². The molecule has 2 aliphatic heterocycles. The van der Waals surface area contributed by atoms with Crippen molar-refractivity contribution in [2.75, 3.05) is 38.7 Å². The molecule has 5 rings (SSSR count). The van der Waals surface area contributed by atoms with Crippen LogP contribution >= 0.6 is 0 Å². The second kappa shape index (κ2) is 8.96. The van der Waals surface area contributed by atoms with Crippen molar-refractivity contribution >= 4 is 23.4 Å². The predicted molar refractivity (Wildman–Crippen MR) is 124 cm³/mol. The summed E-state index contributed by atoms with van der Waals surface area (Å²) < 4.78 is 11.5. The molecule has 0 bridgehead atoms. The van der Waals surface area contributed by atoms with Crippen LogP contribution in [0.5, 0.6) is 11.6 Å². The van der Waals surface area contributed by atoms with Gasteiger partial charge in [0.25, 0.3) is 11.8 Å². The van der Waals surface area contributed by atoms with Gasteiger partial charge in [-0.15, -0.1) is 0 Å². The smallest absolute Gasteiger partial charge is 0.268 e. The minimum Gasteiger partial charge on any atom is -0.479 e. The molecule has 3 heterocycles. The van der Waals surface area contributed by atoms with Crippen LogP contribution in [0.2, 0.25) is 0 Å². The molecule has 0 unspecified atom stereocenters. The molecule has 2 fully saturated rings. The summed E-state index contributed by atoms with van der Waals surface area (Å²) in [6.07, 6.45) is 3.93. The average molecular weight is 465 g/mol. The number of carbonyl (C=O) groups excluding carboxylic acids is 3. The van der Waals surface area contributed by atoms with Crippen LogP contribution in [0.1, 0.15) is 35.2 Å². The van der Waals surface area contributed by atoms with Crippen molar-refractivity contribution in [2.45, 2.75) is 31.9 Å². The van der Waals surface area contributed by atoms with E-state index in [0.717, 1.165) is 5.56 Å². The number of carbonyl (C=O) groups is 3. The van der Waals surface area contributed by atoms with Crippen LogP contribution in [-0.4, -0.2) is 72.4 Å². The van der Waals surface area contributed by atoms with E-state index in [-0.39, 0.29) is 24.3 Å². The number of hydrogen-bond donors (Lipinski definition) is 0. The first kappa shape index (κ1) is 22.2. The highest BCUT2D eigenvalue weighted by Gasteiger charge is 2.36. The fourth-order valence-electron chi connectivity index (χ4n) is 4.14. The van der Waals surface area contributed by atoms with Gasteiger partial charge in [-0.3, -0.25) is 14.4 Å². The third kappa shape index (κ3) is 4.55. The highest BCUT2D eigenvalue weighted by atomic mass is 16.5. The summed E-state index contributed by atoms with van der Waals surface area (Å²) in [6, 6.07) is 8.97. The first-order chi connectivity index (χ1) is 16.4. The summed E-state index contributed by atoms with van der Waals surface area (Å²) in [6.45, 7) is 1.61. The number of hydrogen-bond acceptors (Lipinski definition) is 6. The largest absolute Gasteiger partial charge is 0.479 e. The van der Waals surface area contributed by atoms with E-state index < -0.39 is 6.10 Å². The highest BCUT2D eigenvalue weighted by molar-refractivity contribution is 6.03. The maximum Gasteiger partial charge on any atom is 0.268 e. The van der Waals surface area contributed by atoms with E-state index in [1.54, 1.807) is 43.4 Å². The van der Waals surface area contributed by atoms with Crippen molar-refractivity contribution in [2.24, 2.45) is 5.92 Å². The molecule has 1 saturated heterocycles. The van der Waals surface area contributed by atoms with Gasteiger partial charge in [0.2, 0.25) is 11.8 Å². The number of pyridine rings is 1. The first-order valence-electron chi connectivity index (χ1n) is 11.6. The zero-order valence-electron chi connectivity index (χ0n) is 19.4. The number of rotatable bonds is 8. The Bertz CT molecular complexity index is 1110. The number of likely N-dealkylation sites (N-methyl/N-ethyl adjacent to an activating group) is 1. The molecular formula is C25H28N4O5. The molecule has 9 nitrogen and oxygen atoms in total. The molecule has 1 saturated carbocycles. The SMILES string of the molecule is CN(C)C(=O)CN1Cc2ccc(N3CC[C@H](Oc4ccc(OCC5CC5)nc4)C3=O)cc2C1=O. The minimum absolute atomic E-state index is 0.0346. The lowest BCUT2D eigenvalue weighted by Crippen LogP contribution is -2.36. The number of aromatic nitrogens is 1. The number of amides is 3. The summed E-state index contributed by atoms with van der Waals surface area (Å²) in [5.74, 6) is 1.25. The molecule has 0 spiro atoms. The molecule has 1 atom stereocenters. The Labute approximate surface area is 198 Å². The van der Waals surface area contributed by atoms with Crippen LogP contribution in [0.25, 0.3) is 0 Å². The van der Waals surface area contributed by atoms with Crippen LogP contribution < -0.4 is 14.4 Å². The summed E-state index contributed by atoms with van der Waals surface area (Å²) in [4.78, 5) is 46.8. The van der Waals surface area contributed by atoms with E-state index in [1.807, 2.05) is 12.1 Å². The highest BCUT2D eigenvalue weighted by Crippen LogP contribution is 2.31. The summed E-state index contributed by atoms with van der Waals surface area (Å²) in [5.41, 5.74) is 2.05. The Kier molecular flexibility index (Phi) is 5.85. The predicted octanol–water partition coefficient (Wildman–Crippen LogP) is 2.10. The van der Waals surface area contributed by atoms with E-state index in [4.69, 9.17) is 9.47 Å². The van der Waals surface area contributed by atoms with Gasteiger partial charge in [-0.2, -0.15) is 0 Å². The van der Waals surface area contributed by atoms with E-state index >= 15 is 0 Å². The van der Waals surface area contributed by atoms with Gasteiger partial charge in [-0.25, -0.2) is 4.98 Å². The zero-order chi connectivity index (χ0) is 23.8. The Morgan fingerprint density at radius 2 is 1.97 bits per heavy atom. The number of nitrogens with zero attached hydrogens (tertiary/aromatic N) is 4. The zero-order valence-corrected chi connectivity index (χ0v) is 19.4. The molecule has 3 amide bonds. The molecule has 1 aromatic carbocycles. The van der Waals surface area contributed by atoms with Gasteiger partial charge in [0.15, 0.2) is 6.10 Å². The Hall–Kier alpha value is -3.62. The molecule has 178 valence electrons. The van der Waals surface area contributed by atoms with Crippen molar-refractivity contribution in [3.63, 3.8) is 0 Å². The maximum absolute atomic E-state index is 13.0. The fraction of sp³-hybridized carbons (Fsp3) is 0.440. The lowest BCUT2D eigenvalue weighted by atomic mass is 10.1. The molecule has 2 aromatic rings. The number of anilines is 1. The minimum atomic E-state index is -0.613. The molecule has 1 aliphatic carbocycles. The van der Waals surface area contributed by atoms with Gasteiger partial charge >= 0.3 is 0 Å². The topological polar surface area (TPSA) is 92.3 Å². The third-order valence-electron chi connectivity index (χ3n) is 6.42. The molecule has 3 aliphatic rings. The average Bonchev–Trinajstić information content (AvgIpc) is 3.53. The standard InChI is InChI=1S/C25H28N4O5/c1-27(2)23(30)14-28-13-17-5-6-18(11-20(17)24(28)31)29-10-9-21(25(29)32)34-19-7-8-22(26-12-19)33-15-16-3-4-16/h5-8,11-12,16,21H,3-4,9-10,13-15H2,1-2H3/t21-/m0/s1. The summed E-state index contributed by atoms with van der Waals surface area (Å²) >= 11 is 0. The summed E-state index contributed by atoms with van der Waals surface area (Å²) in [5, 5.41) is 0. The monoisotopic (exact) mass is 464 g/mol. The summed E-state index contributed by atoms with van der Waals surface area (Å²) in [7, 11) is 3.33. The first-order valence-corrected chi connectivity index (χ1v) is 11.6. The van der Waals surface area contributed by atoms with E-state index in [2.05, 4.69) is 4.98 Å². The van der Waals surface area contributed by atoms with E-state index in [9.17, 15) is 14.4 Å². The van der Waals surface area contributed by atoms with Gasteiger partial charge < -0.3 is 24.2 Å². The van der Waals surface area contributed by atoms with Crippen LogP contribution in [0, 0.1) is 5.92 Å². The number of fused-ring (bicyclic) bond motifs is 1. The Morgan fingerprint density at radius 1 is 1.15 bits per heavy atom. The normalized spacial score (nSPS) is 19.4. The molecule has 0 radical (unpaired) electrons. The van der Waals surface area contributed by atoms with Crippen molar-refractivity contribution in [1.82, 2.24) is 14.8 Å². The van der Waals surface area contributed by atoms with E-state index in [1.165, 1.54) is 22.6 Å². The quantitative estimate of drug-likeness (QED) is 0.594. The molecule has 0 N–H and O–H groups in total. The fourth-order valence-corrected chi connectivity index (χ4v) is 4.14. The molecule has 34 heavy (non-hydrogen) atoms. The Balaban J connectivity index is 1.21. The van der Waals surface area contributed by atoms with Crippen molar-refractivity contribution < 1.29 is 23.9 Å². The van der Waals surface area contributed by atoms with Gasteiger partial charge in [0.05, 0.1) is 12.8 Å². The van der Waals surface area contributed by atoms with Crippen LogP contribution in [-0.2, 0) is 16.1 Å². The molecule has 1 aromatic heterocycles. The van der Waals surface area contributed by atoms with Gasteiger partial charge in [0, 0.05) is 50.9 Å².